The van der Waals surface area contributed by atoms with Crippen molar-refractivity contribution in [3.05, 3.63) is 40.3 Å². The molecular weight excluding hydrogens is 497 g/mol. The maximum Gasteiger partial charge on any atom is 0.194 e. The number of aliphatic imine (C=N–C) groups is 1. The molecule has 0 atom stereocenters. The lowest BCUT2D eigenvalue weighted by atomic mass is 9.93. The van der Waals surface area contributed by atoms with Crippen LogP contribution in [0.2, 0.25) is 0 Å². The van der Waals surface area contributed by atoms with Crippen molar-refractivity contribution < 1.29 is 5.11 Å². The van der Waals surface area contributed by atoms with Crippen molar-refractivity contribution in [3.63, 3.8) is 0 Å². The molecule has 0 unspecified atom stereocenters. The monoisotopic (exact) mass is 529 g/mol. The second-order valence-corrected chi connectivity index (χ2v) is 8.95. The number of benzene rings is 1. The predicted molar refractivity (Wildman–Crippen MR) is 133 cm³/mol. The van der Waals surface area contributed by atoms with Gasteiger partial charge in [-0.25, -0.2) is 9.98 Å². The number of aromatic nitrogens is 1. The number of aromatic hydroxyl groups is 1. The van der Waals surface area contributed by atoms with Gasteiger partial charge < -0.3 is 20.2 Å². The van der Waals surface area contributed by atoms with Gasteiger partial charge >= 0.3 is 0 Å². The maximum absolute atomic E-state index is 10.1. The highest BCUT2D eigenvalue weighted by molar-refractivity contribution is 14.0. The molecule has 160 valence electrons. The lowest BCUT2D eigenvalue weighted by molar-refractivity contribution is 0.369. The molecule has 2 N–H and O–H groups in total. The van der Waals surface area contributed by atoms with Crippen LogP contribution in [-0.2, 0) is 12.0 Å². The molecule has 1 aromatic heterocycles. The molecule has 6 nitrogen and oxygen atoms in total. The largest absolute Gasteiger partial charge is 0.506 e. The Kier molecular flexibility index (Phi) is 8.57. The molecule has 2 aromatic rings. The van der Waals surface area contributed by atoms with E-state index in [0.29, 0.717) is 12.3 Å². The van der Waals surface area contributed by atoms with E-state index in [1.165, 1.54) is 0 Å². The number of rotatable bonds is 4. The fourth-order valence-electron chi connectivity index (χ4n) is 3.19. The summed E-state index contributed by atoms with van der Waals surface area (Å²) in [7, 11) is 0. The van der Waals surface area contributed by atoms with Crippen molar-refractivity contribution >= 4 is 47.0 Å². The molecule has 1 saturated heterocycles. The lowest BCUT2D eigenvalue weighted by Crippen LogP contribution is -2.52. The van der Waals surface area contributed by atoms with Crippen molar-refractivity contribution in [2.45, 2.75) is 39.7 Å². The highest BCUT2D eigenvalue weighted by Gasteiger charge is 2.22. The van der Waals surface area contributed by atoms with Crippen molar-refractivity contribution in [1.29, 1.82) is 0 Å². The molecule has 0 saturated carbocycles. The van der Waals surface area contributed by atoms with Gasteiger partial charge in [-0.15, -0.1) is 35.3 Å². The second kappa shape index (κ2) is 10.5. The fourth-order valence-corrected chi connectivity index (χ4v) is 4.13. The summed E-state index contributed by atoms with van der Waals surface area (Å²) in [5, 5.41) is 16.7. The van der Waals surface area contributed by atoms with Crippen molar-refractivity contribution in [2.75, 3.05) is 37.6 Å². The Bertz CT molecular complexity index is 809. The standard InChI is InChI=1S/C21H31N5OS.HI/c1-5-22-20(23-14-19-24-18(15-28-19)21(2,3)4)26-12-10-25(11-13-26)16-8-6-7-9-17(16)27;/h6-9,15,27H,5,10-14H2,1-4H3,(H,22,23);1H. The molecule has 0 spiro atoms. The molecule has 1 fully saturated rings. The number of hydrogen-bond acceptors (Lipinski definition) is 5. The number of piperazine rings is 1. The van der Waals surface area contributed by atoms with E-state index in [9.17, 15) is 5.11 Å². The number of thiazole rings is 1. The van der Waals surface area contributed by atoms with Crippen molar-refractivity contribution in [3.8, 4) is 5.75 Å². The summed E-state index contributed by atoms with van der Waals surface area (Å²) < 4.78 is 0. The number of phenols is 1. The van der Waals surface area contributed by atoms with Crippen LogP contribution in [0.15, 0.2) is 34.6 Å². The van der Waals surface area contributed by atoms with Crippen LogP contribution in [0, 0.1) is 0 Å². The SMILES string of the molecule is CCNC(=NCc1nc(C(C)(C)C)cs1)N1CCN(c2ccccc2O)CC1.I. The van der Waals surface area contributed by atoms with Gasteiger partial charge in [-0.3, -0.25) is 0 Å². The third-order valence-corrected chi connectivity index (χ3v) is 5.65. The first kappa shape index (κ1) is 23.7. The molecule has 29 heavy (non-hydrogen) atoms. The number of halogens is 1. The van der Waals surface area contributed by atoms with Gasteiger partial charge in [0, 0.05) is 43.5 Å². The molecule has 0 bridgehead atoms. The number of para-hydroxylation sites is 2. The quantitative estimate of drug-likeness (QED) is 0.356. The minimum Gasteiger partial charge on any atom is -0.506 e. The van der Waals surface area contributed by atoms with Gasteiger partial charge in [0.2, 0.25) is 0 Å². The molecule has 1 aliphatic heterocycles. The van der Waals surface area contributed by atoms with Gasteiger partial charge in [0.25, 0.3) is 0 Å². The topological polar surface area (TPSA) is 64.0 Å². The molecule has 8 heteroatoms. The fraction of sp³-hybridized carbons (Fsp3) is 0.524. The van der Waals surface area contributed by atoms with Crippen molar-refractivity contribution in [1.82, 2.24) is 15.2 Å². The lowest BCUT2D eigenvalue weighted by Gasteiger charge is -2.37. The number of guanidine groups is 1. The summed E-state index contributed by atoms with van der Waals surface area (Å²) in [4.78, 5) is 14.1. The number of nitrogens with zero attached hydrogens (tertiary/aromatic N) is 4. The van der Waals surface area contributed by atoms with E-state index in [1.54, 1.807) is 17.4 Å². The summed E-state index contributed by atoms with van der Waals surface area (Å²) in [6, 6.07) is 7.54. The zero-order valence-electron chi connectivity index (χ0n) is 17.7. The smallest absolute Gasteiger partial charge is 0.194 e. The third-order valence-electron chi connectivity index (χ3n) is 4.82. The van der Waals surface area contributed by atoms with Gasteiger partial charge in [-0.1, -0.05) is 32.9 Å². The van der Waals surface area contributed by atoms with Gasteiger partial charge in [0.05, 0.1) is 17.9 Å². The van der Waals surface area contributed by atoms with Crippen LogP contribution in [0.25, 0.3) is 0 Å². The molecule has 1 aliphatic rings. The Morgan fingerprint density at radius 2 is 1.90 bits per heavy atom. The van der Waals surface area contributed by atoms with E-state index in [4.69, 9.17) is 9.98 Å². The van der Waals surface area contributed by atoms with Crippen molar-refractivity contribution in [2.24, 2.45) is 4.99 Å². The predicted octanol–water partition coefficient (Wildman–Crippen LogP) is 4.05. The van der Waals surface area contributed by atoms with E-state index in [1.807, 2.05) is 18.2 Å². The van der Waals surface area contributed by atoms with E-state index in [2.05, 4.69) is 48.2 Å². The van der Waals surface area contributed by atoms with E-state index in [-0.39, 0.29) is 29.4 Å². The van der Waals surface area contributed by atoms with Crippen LogP contribution in [-0.4, -0.2) is 53.7 Å². The Hall–Kier alpha value is -1.55. The second-order valence-electron chi connectivity index (χ2n) is 8.01. The van der Waals surface area contributed by atoms with Gasteiger partial charge in [-0.05, 0) is 19.1 Å². The number of nitrogens with one attached hydrogen (secondary N) is 1. The Morgan fingerprint density at radius 1 is 1.21 bits per heavy atom. The molecule has 1 aromatic carbocycles. The molecular formula is C21H32IN5OS. The Balaban J connectivity index is 0.00000300. The summed E-state index contributed by atoms with van der Waals surface area (Å²) in [6.45, 7) is 13.5. The van der Waals surface area contributed by atoms with Crippen LogP contribution in [0.5, 0.6) is 5.75 Å². The summed E-state index contributed by atoms with van der Waals surface area (Å²) >= 11 is 1.68. The maximum atomic E-state index is 10.1. The summed E-state index contributed by atoms with van der Waals surface area (Å²) in [6.07, 6.45) is 0. The van der Waals surface area contributed by atoms with Crippen LogP contribution in [0.4, 0.5) is 5.69 Å². The first-order valence-corrected chi connectivity index (χ1v) is 10.8. The van der Waals surface area contributed by atoms with Gasteiger partial charge in [0.1, 0.15) is 10.8 Å². The highest BCUT2D eigenvalue weighted by Crippen LogP contribution is 2.27. The van der Waals surface area contributed by atoms with Crippen LogP contribution >= 0.6 is 35.3 Å². The van der Waals surface area contributed by atoms with Crippen LogP contribution in [0.1, 0.15) is 38.4 Å². The first-order valence-electron chi connectivity index (χ1n) is 9.89. The number of anilines is 1. The Labute approximate surface area is 195 Å². The first-order chi connectivity index (χ1) is 13.4. The molecule has 2 heterocycles. The molecule has 0 aliphatic carbocycles. The zero-order valence-corrected chi connectivity index (χ0v) is 20.8. The summed E-state index contributed by atoms with van der Waals surface area (Å²) in [5.74, 6) is 1.28. The zero-order chi connectivity index (χ0) is 20.1. The van der Waals surface area contributed by atoms with E-state index >= 15 is 0 Å². The molecule has 0 radical (unpaired) electrons. The van der Waals surface area contributed by atoms with Gasteiger partial charge in [-0.2, -0.15) is 0 Å². The highest BCUT2D eigenvalue weighted by atomic mass is 127. The minimum atomic E-state index is 0. The number of hydrogen-bond donors (Lipinski definition) is 2. The summed E-state index contributed by atoms with van der Waals surface area (Å²) in [5.41, 5.74) is 2.10. The average molecular weight is 529 g/mol. The van der Waals surface area contributed by atoms with E-state index in [0.717, 1.165) is 55.1 Å². The third kappa shape index (κ3) is 6.21. The number of phenolic OH excluding ortho intramolecular Hbond substituents is 1. The van der Waals surface area contributed by atoms with E-state index < -0.39 is 0 Å². The normalized spacial score (nSPS) is 15.2. The molecule has 0 amide bonds. The van der Waals surface area contributed by atoms with Gasteiger partial charge in [0.15, 0.2) is 5.96 Å². The Morgan fingerprint density at radius 3 is 2.48 bits per heavy atom. The average Bonchev–Trinajstić information content (AvgIpc) is 3.15. The molecule has 3 rings (SSSR count). The van der Waals surface area contributed by atoms with Crippen LogP contribution in [0.3, 0.4) is 0 Å². The van der Waals surface area contributed by atoms with Crippen LogP contribution < -0.4 is 10.2 Å². The minimum absolute atomic E-state index is 0.